The summed E-state index contributed by atoms with van der Waals surface area (Å²) in [7, 11) is 0. The first-order chi connectivity index (χ1) is 8.59. The van der Waals surface area contributed by atoms with Crippen LogP contribution in [0.15, 0.2) is 18.2 Å². The zero-order valence-corrected chi connectivity index (χ0v) is 12.3. The van der Waals surface area contributed by atoms with Gasteiger partial charge in [-0.25, -0.2) is 0 Å². The van der Waals surface area contributed by atoms with E-state index >= 15 is 0 Å². The summed E-state index contributed by atoms with van der Waals surface area (Å²) in [6.07, 6.45) is 2.77. The average molecular weight is 245 g/mol. The van der Waals surface area contributed by atoms with Gasteiger partial charge in [0.05, 0.1) is 0 Å². The standard InChI is InChI=1S/C17H27N/c1-12(2)10-18-11-15-8-9-17(15)16-7-5-6-13(3)14(16)4/h5-7,12,15,17-18H,8-11H2,1-4H3. The summed E-state index contributed by atoms with van der Waals surface area (Å²) in [5.41, 5.74) is 4.54. The molecule has 2 unspecified atom stereocenters. The first-order valence-electron chi connectivity index (χ1n) is 7.36. The summed E-state index contributed by atoms with van der Waals surface area (Å²) in [6, 6.07) is 6.78. The first kappa shape index (κ1) is 13.6. The largest absolute Gasteiger partial charge is 0.316 e. The monoisotopic (exact) mass is 245 g/mol. The second-order valence-corrected chi connectivity index (χ2v) is 6.29. The molecule has 0 saturated heterocycles. The molecule has 0 bridgehead atoms. The Morgan fingerprint density at radius 1 is 1.22 bits per heavy atom. The van der Waals surface area contributed by atoms with Crippen molar-refractivity contribution in [3.05, 3.63) is 34.9 Å². The van der Waals surface area contributed by atoms with E-state index in [0.29, 0.717) is 0 Å². The third kappa shape index (κ3) is 2.95. The van der Waals surface area contributed by atoms with E-state index in [1.165, 1.54) is 30.5 Å². The molecule has 1 aromatic carbocycles. The van der Waals surface area contributed by atoms with Gasteiger partial charge in [-0.15, -0.1) is 0 Å². The van der Waals surface area contributed by atoms with E-state index in [-0.39, 0.29) is 0 Å². The maximum absolute atomic E-state index is 3.62. The van der Waals surface area contributed by atoms with Gasteiger partial charge in [0, 0.05) is 0 Å². The molecule has 0 amide bonds. The first-order valence-corrected chi connectivity index (χ1v) is 7.36. The van der Waals surface area contributed by atoms with Gasteiger partial charge in [-0.1, -0.05) is 32.0 Å². The lowest BCUT2D eigenvalue weighted by Gasteiger charge is -2.38. The summed E-state index contributed by atoms with van der Waals surface area (Å²) in [4.78, 5) is 0. The minimum atomic E-state index is 0.754. The molecule has 1 aliphatic rings. The fraction of sp³-hybridized carbons (Fsp3) is 0.647. The molecule has 0 aliphatic heterocycles. The van der Waals surface area contributed by atoms with Gasteiger partial charge in [-0.2, -0.15) is 0 Å². The van der Waals surface area contributed by atoms with Gasteiger partial charge in [-0.05, 0) is 74.2 Å². The molecule has 0 radical (unpaired) electrons. The summed E-state index contributed by atoms with van der Waals surface area (Å²) in [6.45, 7) is 11.4. The maximum atomic E-state index is 3.62. The van der Waals surface area contributed by atoms with Crippen LogP contribution >= 0.6 is 0 Å². The Bertz CT molecular complexity index is 395. The zero-order valence-electron chi connectivity index (χ0n) is 12.3. The van der Waals surface area contributed by atoms with Gasteiger partial charge in [0.2, 0.25) is 0 Å². The Labute approximate surface area is 112 Å². The number of rotatable bonds is 5. The van der Waals surface area contributed by atoms with Crippen molar-refractivity contribution in [1.29, 1.82) is 0 Å². The highest BCUT2D eigenvalue weighted by molar-refractivity contribution is 5.37. The SMILES string of the molecule is Cc1cccc(C2CCC2CNCC(C)C)c1C. The van der Waals surface area contributed by atoms with Crippen LogP contribution in [0.1, 0.15) is 49.3 Å². The zero-order chi connectivity index (χ0) is 13.1. The molecule has 0 aromatic heterocycles. The highest BCUT2D eigenvalue weighted by atomic mass is 14.9. The Morgan fingerprint density at radius 3 is 2.61 bits per heavy atom. The van der Waals surface area contributed by atoms with Crippen molar-refractivity contribution in [3.8, 4) is 0 Å². The van der Waals surface area contributed by atoms with Gasteiger partial charge in [0.1, 0.15) is 0 Å². The lowest BCUT2D eigenvalue weighted by Crippen LogP contribution is -2.35. The summed E-state index contributed by atoms with van der Waals surface area (Å²) < 4.78 is 0. The van der Waals surface area contributed by atoms with Crippen LogP contribution in [0.3, 0.4) is 0 Å². The van der Waals surface area contributed by atoms with E-state index < -0.39 is 0 Å². The van der Waals surface area contributed by atoms with Crippen molar-refractivity contribution in [2.45, 2.75) is 46.5 Å². The van der Waals surface area contributed by atoms with Crippen LogP contribution in [0, 0.1) is 25.7 Å². The molecule has 1 nitrogen and oxygen atoms in total. The van der Waals surface area contributed by atoms with Gasteiger partial charge in [-0.3, -0.25) is 0 Å². The fourth-order valence-corrected chi connectivity index (χ4v) is 2.96. The van der Waals surface area contributed by atoms with Crippen molar-refractivity contribution in [2.24, 2.45) is 11.8 Å². The molecule has 18 heavy (non-hydrogen) atoms. The maximum Gasteiger partial charge on any atom is -0.00146 e. The van der Waals surface area contributed by atoms with Crippen molar-refractivity contribution in [3.63, 3.8) is 0 Å². The smallest absolute Gasteiger partial charge is 0.00146 e. The molecular formula is C17H27N. The molecule has 1 saturated carbocycles. The Hall–Kier alpha value is -0.820. The topological polar surface area (TPSA) is 12.0 Å². The molecule has 1 fully saturated rings. The molecule has 1 N–H and O–H groups in total. The van der Waals surface area contributed by atoms with Gasteiger partial charge in [0.25, 0.3) is 0 Å². The molecule has 1 aromatic rings. The van der Waals surface area contributed by atoms with Gasteiger partial charge in [0.15, 0.2) is 0 Å². The van der Waals surface area contributed by atoms with Crippen molar-refractivity contribution in [1.82, 2.24) is 5.32 Å². The summed E-state index contributed by atoms with van der Waals surface area (Å²) >= 11 is 0. The molecular weight excluding hydrogens is 218 g/mol. The van der Waals surface area contributed by atoms with Crippen LogP contribution in [-0.4, -0.2) is 13.1 Å². The van der Waals surface area contributed by atoms with Crippen LogP contribution in [0.25, 0.3) is 0 Å². The normalized spacial score (nSPS) is 23.2. The van der Waals surface area contributed by atoms with Crippen molar-refractivity contribution in [2.75, 3.05) is 13.1 Å². The highest BCUT2D eigenvalue weighted by Crippen LogP contribution is 2.43. The lowest BCUT2D eigenvalue weighted by molar-refractivity contribution is 0.242. The van der Waals surface area contributed by atoms with E-state index in [1.807, 2.05) is 0 Å². The van der Waals surface area contributed by atoms with Crippen LogP contribution < -0.4 is 5.32 Å². The Morgan fingerprint density at radius 2 is 2.00 bits per heavy atom. The molecule has 0 heterocycles. The second-order valence-electron chi connectivity index (χ2n) is 6.29. The van der Waals surface area contributed by atoms with Crippen LogP contribution in [-0.2, 0) is 0 Å². The molecule has 100 valence electrons. The number of hydrogen-bond donors (Lipinski definition) is 1. The van der Waals surface area contributed by atoms with Gasteiger partial charge >= 0.3 is 0 Å². The molecule has 1 aliphatic carbocycles. The van der Waals surface area contributed by atoms with Crippen LogP contribution in [0.2, 0.25) is 0 Å². The van der Waals surface area contributed by atoms with E-state index in [4.69, 9.17) is 0 Å². The van der Waals surface area contributed by atoms with Crippen LogP contribution in [0.4, 0.5) is 0 Å². The minimum absolute atomic E-state index is 0.754. The molecule has 2 atom stereocenters. The number of aryl methyl sites for hydroxylation is 1. The third-order valence-electron chi connectivity index (χ3n) is 4.42. The van der Waals surface area contributed by atoms with Crippen molar-refractivity contribution >= 4 is 0 Å². The highest BCUT2D eigenvalue weighted by Gasteiger charge is 2.32. The van der Waals surface area contributed by atoms with E-state index in [2.05, 4.69) is 51.2 Å². The van der Waals surface area contributed by atoms with Crippen molar-refractivity contribution < 1.29 is 0 Å². The van der Waals surface area contributed by atoms with Gasteiger partial charge < -0.3 is 5.32 Å². The molecule has 0 spiro atoms. The number of benzene rings is 1. The predicted molar refractivity (Wildman–Crippen MR) is 79.1 cm³/mol. The minimum Gasteiger partial charge on any atom is -0.316 e. The summed E-state index contributed by atoms with van der Waals surface area (Å²) in [5, 5.41) is 3.62. The quantitative estimate of drug-likeness (QED) is 0.825. The number of hydrogen-bond acceptors (Lipinski definition) is 1. The molecule has 2 rings (SSSR count). The lowest BCUT2D eigenvalue weighted by atomic mass is 9.68. The molecule has 1 heteroatoms. The summed E-state index contributed by atoms with van der Waals surface area (Å²) in [5.74, 6) is 2.40. The average Bonchev–Trinajstić information content (AvgIpc) is 2.29. The third-order valence-corrected chi connectivity index (χ3v) is 4.42. The Kier molecular flexibility index (Phi) is 4.45. The fourth-order valence-electron chi connectivity index (χ4n) is 2.96. The predicted octanol–water partition coefficient (Wildman–Crippen LogP) is 4.04. The van der Waals surface area contributed by atoms with E-state index in [9.17, 15) is 0 Å². The van der Waals surface area contributed by atoms with Crippen LogP contribution in [0.5, 0.6) is 0 Å². The van der Waals surface area contributed by atoms with E-state index in [0.717, 1.165) is 24.3 Å². The number of nitrogens with one attached hydrogen (secondary N) is 1. The second kappa shape index (κ2) is 5.88. The Balaban J connectivity index is 1.95. The van der Waals surface area contributed by atoms with E-state index in [1.54, 1.807) is 5.56 Å².